The van der Waals surface area contributed by atoms with Crippen molar-refractivity contribution in [3.63, 3.8) is 0 Å². The van der Waals surface area contributed by atoms with Crippen molar-refractivity contribution < 1.29 is 9.59 Å². The monoisotopic (exact) mass is 292 g/mol. The average Bonchev–Trinajstić information content (AvgIpc) is 2.99. The maximum Gasteiger partial charge on any atom is 0.296 e. The molecule has 1 heterocycles. The number of hydrogen-bond donors (Lipinski definition) is 2. The highest BCUT2D eigenvalue weighted by molar-refractivity contribution is 6.48. The van der Waals surface area contributed by atoms with E-state index in [0.717, 1.165) is 17.3 Å². The van der Waals surface area contributed by atoms with Crippen LogP contribution in [-0.4, -0.2) is 16.7 Å². The van der Waals surface area contributed by atoms with Crippen molar-refractivity contribution in [3.05, 3.63) is 65.9 Å². The van der Waals surface area contributed by atoms with Gasteiger partial charge in [-0.2, -0.15) is 0 Å². The van der Waals surface area contributed by atoms with E-state index >= 15 is 0 Å². The number of aryl methyl sites for hydroxylation is 1. The molecule has 4 nitrogen and oxygen atoms in total. The molecule has 3 rings (SSSR count). The number of fused-ring (bicyclic) bond motifs is 1. The van der Waals surface area contributed by atoms with Crippen LogP contribution < -0.4 is 5.32 Å². The molecule has 1 amide bonds. The van der Waals surface area contributed by atoms with Crippen LogP contribution in [0.2, 0.25) is 0 Å². The number of ketones is 1. The number of Topliss-reactive ketones (excluding diaryl/α,β-unsaturated/α-hetero) is 1. The Morgan fingerprint density at radius 1 is 1.05 bits per heavy atom. The van der Waals surface area contributed by atoms with Gasteiger partial charge in [0.1, 0.15) is 0 Å². The third kappa shape index (κ3) is 2.63. The first-order valence-electron chi connectivity index (χ1n) is 7.19. The molecular weight excluding hydrogens is 276 g/mol. The van der Waals surface area contributed by atoms with Gasteiger partial charge in [0.05, 0.1) is 5.56 Å². The number of hydrogen-bond acceptors (Lipinski definition) is 2. The molecule has 0 fully saturated rings. The fraction of sp³-hybridized carbons (Fsp3) is 0.111. The lowest BCUT2D eigenvalue weighted by Gasteiger charge is -2.05. The Labute approximate surface area is 128 Å². The fourth-order valence-corrected chi connectivity index (χ4v) is 2.39. The third-order valence-corrected chi connectivity index (χ3v) is 3.66. The van der Waals surface area contributed by atoms with Crippen LogP contribution in [0.25, 0.3) is 10.9 Å². The molecule has 0 radical (unpaired) electrons. The van der Waals surface area contributed by atoms with Gasteiger partial charge in [-0.15, -0.1) is 0 Å². The Morgan fingerprint density at radius 2 is 1.77 bits per heavy atom. The van der Waals surface area contributed by atoms with E-state index in [-0.39, 0.29) is 0 Å². The third-order valence-electron chi connectivity index (χ3n) is 3.66. The molecule has 0 saturated heterocycles. The molecule has 0 aliphatic rings. The predicted octanol–water partition coefficient (Wildman–Crippen LogP) is 3.55. The van der Waals surface area contributed by atoms with Gasteiger partial charge < -0.3 is 10.3 Å². The van der Waals surface area contributed by atoms with Crippen molar-refractivity contribution in [1.29, 1.82) is 0 Å². The summed E-state index contributed by atoms with van der Waals surface area (Å²) >= 11 is 0. The first-order valence-corrected chi connectivity index (χ1v) is 7.19. The first-order chi connectivity index (χ1) is 10.7. The summed E-state index contributed by atoms with van der Waals surface area (Å²) in [5.74, 6) is -1.17. The van der Waals surface area contributed by atoms with E-state index in [1.54, 1.807) is 18.3 Å². The Hall–Kier alpha value is -2.88. The van der Waals surface area contributed by atoms with Crippen LogP contribution >= 0.6 is 0 Å². The van der Waals surface area contributed by atoms with Crippen LogP contribution in [0.3, 0.4) is 0 Å². The van der Waals surface area contributed by atoms with Crippen molar-refractivity contribution in [2.24, 2.45) is 0 Å². The maximum absolute atomic E-state index is 12.3. The molecule has 1 aromatic heterocycles. The molecule has 110 valence electrons. The lowest BCUT2D eigenvalue weighted by molar-refractivity contribution is -0.112. The normalized spacial score (nSPS) is 10.6. The van der Waals surface area contributed by atoms with Crippen LogP contribution in [0.15, 0.2) is 54.7 Å². The Morgan fingerprint density at radius 3 is 2.50 bits per heavy atom. The van der Waals surface area contributed by atoms with E-state index in [4.69, 9.17) is 0 Å². The molecule has 22 heavy (non-hydrogen) atoms. The van der Waals surface area contributed by atoms with Crippen molar-refractivity contribution in [1.82, 2.24) is 4.98 Å². The second-order valence-corrected chi connectivity index (χ2v) is 5.08. The van der Waals surface area contributed by atoms with Gasteiger partial charge >= 0.3 is 0 Å². The first kappa shape index (κ1) is 14.1. The summed E-state index contributed by atoms with van der Waals surface area (Å²) in [6.45, 7) is 2.06. The number of para-hydroxylation sites is 1. The molecule has 2 aromatic carbocycles. The molecule has 0 aliphatic heterocycles. The minimum atomic E-state index is -0.631. The van der Waals surface area contributed by atoms with Gasteiger partial charge in [-0.1, -0.05) is 37.3 Å². The zero-order chi connectivity index (χ0) is 15.5. The number of carbonyl (C=O) groups excluding carboxylic acids is 2. The number of amides is 1. The van der Waals surface area contributed by atoms with Gasteiger partial charge in [-0.3, -0.25) is 9.59 Å². The van der Waals surface area contributed by atoms with E-state index in [0.29, 0.717) is 11.3 Å². The lowest BCUT2D eigenvalue weighted by Crippen LogP contribution is -2.22. The smallest absolute Gasteiger partial charge is 0.296 e. The molecule has 3 aromatic rings. The van der Waals surface area contributed by atoms with E-state index in [1.165, 1.54) is 5.56 Å². The summed E-state index contributed by atoms with van der Waals surface area (Å²) in [7, 11) is 0. The topological polar surface area (TPSA) is 62.0 Å². The molecular formula is C18H16N2O2. The number of nitrogens with one attached hydrogen (secondary N) is 2. The second kappa shape index (κ2) is 5.85. The quantitative estimate of drug-likeness (QED) is 0.570. The molecule has 0 atom stereocenters. The van der Waals surface area contributed by atoms with E-state index in [9.17, 15) is 9.59 Å². The van der Waals surface area contributed by atoms with Crippen molar-refractivity contribution >= 4 is 28.3 Å². The Bertz CT molecular complexity index is 832. The minimum absolute atomic E-state index is 0.387. The number of benzene rings is 2. The highest BCUT2D eigenvalue weighted by Gasteiger charge is 2.19. The van der Waals surface area contributed by atoms with Gasteiger partial charge in [0, 0.05) is 22.8 Å². The molecule has 0 bridgehead atoms. The number of anilines is 1. The molecule has 0 aliphatic carbocycles. The standard InChI is InChI=1S/C18H16N2O2/c1-2-12-7-9-13(10-8-12)20-18(22)17(21)15-11-19-16-6-4-3-5-14(15)16/h3-11,19H,2H2,1H3,(H,20,22). The maximum atomic E-state index is 12.3. The fourth-order valence-electron chi connectivity index (χ4n) is 2.39. The van der Waals surface area contributed by atoms with E-state index in [2.05, 4.69) is 17.2 Å². The number of rotatable bonds is 4. The minimum Gasteiger partial charge on any atom is -0.360 e. The van der Waals surface area contributed by atoms with Crippen LogP contribution in [0, 0.1) is 0 Å². The second-order valence-electron chi connectivity index (χ2n) is 5.08. The molecule has 0 saturated carbocycles. The van der Waals surface area contributed by atoms with Crippen molar-refractivity contribution in [2.45, 2.75) is 13.3 Å². The number of aromatic amines is 1. The van der Waals surface area contributed by atoms with E-state index in [1.807, 2.05) is 36.4 Å². The summed E-state index contributed by atoms with van der Waals surface area (Å²) in [4.78, 5) is 27.5. The number of carbonyl (C=O) groups is 2. The van der Waals surface area contributed by atoms with Gasteiger partial charge in [0.25, 0.3) is 11.7 Å². The average molecular weight is 292 g/mol. The molecule has 4 heteroatoms. The van der Waals surface area contributed by atoms with Crippen LogP contribution in [-0.2, 0) is 11.2 Å². The van der Waals surface area contributed by atoms with Crippen molar-refractivity contribution in [2.75, 3.05) is 5.32 Å². The van der Waals surface area contributed by atoms with Crippen molar-refractivity contribution in [3.8, 4) is 0 Å². The summed E-state index contributed by atoms with van der Waals surface area (Å²) in [5.41, 5.74) is 3.03. The zero-order valence-electron chi connectivity index (χ0n) is 12.2. The Balaban J connectivity index is 1.80. The van der Waals surface area contributed by atoms with Crippen LogP contribution in [0.1, 0.15) is 22.8 Å². The summed E-state index contributed by atoms with van der Waals surface area (Å²) in [5, 5.41) is 3.40. The van der Waals surface area contributed by atoms with E-state index < -0.39 is 11.7 Å². The van der Waals surface area contributed by atoms with Crippen LogP contribution in [0.5, 0.6) is 0 Å². The SMILES string of the molecule is CCc1ccc(NC(=O)C(=O)c2c[nH]c3ccccc23)cc1. The lowest BCUT2D eigenvalue weighted by atomic mass is 10.1. The molecule has 0 unspecified atom stereocenters. The highest BCUT2D eigenvalue weighted by atomic mass is 16.2. The predicted molar refractivity (Wildman–Crippen MR) is 87.1 cm³/mol. The van der Waals surface area contributed by atoms with Gasteiger partial charge in [0.2, 0.25) is 0 Å². The summed E-state index contributed by atoms with van der Waals surface area (Å²) in [6, 6.07) is 14.9. The van der Waals surface area contributed by atoms with Crippen LogP contribution in [0.4, 0.5) is 5.69 Å². The van der Waals surface area contributed by atoms with Gasteiger partial charge in [-0.05, 0) is 30.2 Å². The Kier molecular flexibility index (Phi) is 3.74. The van der Waals surface area contributed by atoms with Gasteiger partial charge in [-0.25, -0.2) is 0 Å². The number of H-pyrrole nitrogens is 1. The zero-order valence-corrected chi connectivity index (χ0v) is 12.2. The molecule has 2 N–H and O–H groups in total. The van der Waals surface area contributed by atoms with Gasteiger partial charge in [0.15, 0.2) is 0 Å². The largest absolute Gasteiger partial charge is 0.360 e. The highest BCUT2D eigenvalue weighted by Crippen LogP contribution is 2.19. The number of aromatic nitrogens is 1. The molecule has 0 spiro atoms. The summed E-state index contributed by atoms with van der Waals surface area (Å²) in [6.07, 6.45) is 2.51. The summed E-state index contributed by atoms with van der Waals surface area (Å²) < 4.78 is 0.